The molecule has 0 aliphatic carbocycles. The highest BCUT2D eigenvalue weighted by molar-refractivity contribution is 5.93. The maximum absolute atomic E-state index is 11.8. The van der Waals surface area contributed by atoms with Gasteiger partial charge < -0.3 is 14.8 Å². The minimum absolute atomic E-state index is 0.00468. The smallest absolute Gasteiger partial charge is 0.308 e. The summed E-state index contributed by atoms with van der Waals surface area (Å²) in [6, 6.07) is 13.8. The van der Waals surface area contributed by atoms with Crippen LogP contribution < -0.4 is 20.2 Å². The zero-order valence-electron chi connectivity index (χ0n) is 15.6. The zero-order valence-corrected chi connectivity index (χ0v) is 15.6. The quantitative estimate of drug-likeness (QED) is 0.315. The Hall–Kier alpha value is -3.68. The van der Waals surface area contributed by atoms with Gasteiger partial charge in [0.1, 0.15) is 0 Å². The Labute approximate surface area is 162 Å². The first-order chi connectivity index (χ1) is 13.5. The Morgan fingerprint density at radius 3 is 2.39 bits per heavy atom. The molecule has 8 heteroatoms. The Morgan fingerprint density at radius 1 is 1.00 bits per heavy atom. The number of amides is 2. The molecule has 2 aromatic rings. The third-order valence-corrected chi connectivity index (χ3v) is 3.48. The van der Waals surface area contributed by atoms with Crippen molar-refractivity contribution >= 4 is 29.7 Å². The number of hydrogen-bond acceptors (Lipinski definition) is 6. The molecule has 2 amide bonds. The maximum atomic E-state index is 11.8. The van der Waals surface area contributed by atoms with Gasteiger partial charge >= 0.3 is 5.97 Å². The highest BCUT2D eigenvalue weighted by atomic mass is 16.6. The molecule has 2 rings (SSSR count). The summed E-state index contributed by atoms with van der Waals surface area (Å²) < 4.78 is 10.2. The summed E-state index contributed by atoms with van der Waals surface area (Å²) >= 11 is 0. The van der Waals surface area contributed by atoms with Crippen molar-refractivity contribution < 1.29 is 23.9 Å². The van der Waals surface area contributed by atoms with Crippen molar-refractivity contribution in [2.24, 2.45) is 5.10 Å². The number of para-hydroxylation sites is 1. The van der Waals surface area contributed by atoms with Gasteiger partial charge in [-0.3, -0.25) is 14.4 Å². The molecule has 8 nitrogen and oxygen atoms in total. The molecule has 0 bridgehead atoms. The Morgan fingerprint density at radius 2 is 1.71 bits per heavy atom. The van der Waals surface area contributed by atoms with E-state index in [1.54, 1.807) is 30.3 Å². The zero-order chi connectivity index (χ0) is 20.4. The van der Waals surface area contributed by atoms with Crippen molar-refractivity contribution in [3.8, 4) is 11.5 Å². The molecular formula is C20H21N3O5. The average Bonchev–Trinajstić information content (AvgIpc) is 2.68. The maximum Gasteiger partial charge on any atom is 0.308 e. The summed E-state index contributed by atoms with van der Waals surface area (Å²) in [6.07, 6.45) is 1.47. The van der Waals surface area contributed by atoms with E-state index >= 15 is 0 Å². The topological polar surface area (TPSA) is 106 Å². The fourth-order valence-corrected chi connectivity index (χ4v) is 2.21. The van der Waals surface area contributed by atoms with Crippen LogP contribution in [0.1, 0.15) is 25.3 Å². The fraction of sp³-hybridized carbons (Fsp3) is 0.200. The molecule has 0 spiro atoms. The standard InChI is InChI=1S/C20H21N3O5/c1-14(24)28-17-9-8-15(12-18(17)27-2)13-21-23-20(26)11-10-19(25)22-16-6-4-3-5-7-16/h3-9,12-13H,10-11H2,1-2H3,(H,22,25)(H,23,26). The van der Waals surface area contributed by atoms with Crippen LogP contribution in [0.3, 0.4) is 0 Å². The van der Waals surface area contributed by atoms with Crippen LogP contribution in [0.2, 0.25) is 0 Å². The first kappa shape index (κ1) is 20.6. The third-order valence-electron chi connectivity index (χ3n) is 3.48. The van der Waals surface area contributed by atoms with Gasteiger partial charge in [0.15, 0.2) is 11.5 Å². The van der Waals surface area contributed by atoms with Gasteiger partial charge in [0, 0.05) is 25.5 Å². The number of nitrogens with one attached hydrogen (secondary N) is 2. The van der Waals surface area contributed by atoms with Gasteiger partial charge in [-0.1, -0.05) is 18.2 Å². The third kappa shape index (κ3) is 6.91. The summed E-state index contributed by atoms with van der Waals surface area (Å²) in [4.78, 5) is 34.7. The van der Waals surface area contributed by atoms with E-state index in [2.05, 4.69) is 15.8 Å². The molecule has 0 heterocycles. The van der Waals surface area contributed by atoms with E-state index in [1.807, 2.05) is 18.2 Å². The second kappa shape index (κ2) is 10.5. The molecule has 0 saturated carbocycles. The molecule has 0 saturated heterocycles. The van der Waals surface area contributed by atoms with Crippen LogP contribution in [0.4, 0.5) is 5.69 Å². The van der Waals surface area contributed by atoms with Crippen LogP contribution >= 0.6 is 0 Å². The summed E-state index contributed by atoms with van der Waals surface area (Å²) in [7, 11) is 1.45. The van der Waals surface area contributed by atoms with Crippen molar-refractivity contribution in [3.05, 3.63) is 54.1 Å². The van der Waals surface area contributed by atoms with E-state index < -0.39 is 5.97 Å². The van der Waals surface area contributed by atoms with E-state index in [-0.39, 0.29) is 24.7 Å². The average molecular weight is 383 g/mol. The van der Waals surface area contributed by atoms with Crippen LogP contribution in [0.15, 0.2) is 53.6 Å². The van der Waals surface area contributed by atoms with Gasteiger partial charge in [-0.2, -0.15) is 5.10 Å². The normalized spacial score (nSPS) is 10.4. The van der Waals surface area contributed by atoms with Crippen LogP contribution in [-0.2, 0) is 14.4 Å². The number of nitrogens with zero attached hydrogens (tertiary/aromatic N) is 1. The van der Waals surface area contributed by atoms with E-state index in [1.165, 1.54) is 20.2 Å². The van der Waals surface area contributed by atoms with Crippen LogP contribution in [0.5, 0.6) is 11.5 Å². The highest BCUT2D eigenvalue weighted by Gasteiger charge is 2.08. The van der Waals surface area contributed by atoms with Gasteiger partial charge in [-0.15, -0.1) is 0 Å². The SMILES string of the molecule is COc1cc(C=NNC(=O)CCC(=O)Nc2ccccc2)ccc1OC(C)=O. The van der Waals surface area contributed by atoms with Crippen LogP contribution in [0.25, 0.3) is 0 Å². The van der Waals surface area contributed by atoms with Crippen molar-refractivity contribution in [1.29, 1.82) is 0 Å². The van der Waals surface area contributed by atoms with E-state index in [0.717, 1.165) is 0 Å². The van der Waals surface area contributed by atoms with Gasteiger partial charge in [0.2, 0.25) is 11.8 Å². The molecule has 0 atom stereocenters. The summed E-state index contributed by atoms with van der Waals surface area (Å²) in [5.74, 6) is -0.439. The lowest BCUT2D eigenvalue weighted by Gasteiger charge is -2.08. The van der Waals surface area contributed by atoms with Crippen molar-refractivity contribution in [3.63, 3.8) is 0 Å². The predicted octanol–water partition coefficient (Wildman–Crippen LogP) is 2.49. The summed E-state index contributed by atoms with van der Waals surface area (Å²) in [6.45, 7) is 1.30. The van der Waals surface area contributed by atoms with Gasteiger partial charge in [-0.05, 0) is 35.9 Å². The number of methoxy groups -OCH3 is 1. The highest BCUT2D eigenvalue weighted by Crippen LogP contribution is 2.27. The lowest BCUT2D eigenvalue weighted by atomic mass is 10.2. The molecule has 0 radical (unpaired) electrons. The van der Waals surface area contributed by atoms with Crippen LogP contribution in [0, 0.1) is 0 Å². The number of rotatable bonds is 8. The number of ether oxygens (including phenoxy) is 2. The Kier molecular flexibility index (Phi) is 7.71. The first-order valence-electron chi connectivity index (χ1n) is 8.51. The van der Waals surface area contributed by atoms with E-state index in [9.17, 15) is 14.4 Å². The molecule has 0 fully saturated rings. The molecule has 2 N–H and O–H groups in total. The number of hydrogen-bond donors (Lipinski definition) is 2. The predicted molar refractivity (Wildman–Crippen MR) is 104 cm³/mol. The second-order valence-corrected chi connectivity index (χ2v) is 5.71. The number of anilines is 1. The molecule has 0 unspecified atom stereocenters. The lowest BCUT2D eigenvalue weighted by Crippen LogP contribution is -2.20. The van der Waals surface area contributed by atoms with E-state index in [4.69, 9.17) is 9.47 Å². The van der Waals surface area contributed by atoms with Gasteiger partial charge in [0.05, 0.1) is 13.3 Å². The largest absolute Gasteiger partial charge is 0.493 e. The fourth-order valence-electron chi connectivity index (χ4n) is 2.21. The molecule has 28 heavy (non-hydrogen) atoms. The van der Waals surface area contributed by atoms with E-state index in [0.29, 0.717) is 22.7 Å². The Bertz CT molecular complexity index is 865. The van der Waals surface area contributed by atoms with Crippen molar-refractivity contribution in [1.82, 2.24) is 5.43 Å². The number of carbonyl (C=O) groups excluding carboxylic acids is 3. The molecule has 2 aromatic carbocycles. The Balaban J connectivity index is 1.81. The molecular weight excluding hydrogens is 362 g/mol. The number of hydrazone groups is 1. The summed E-state index contributed by atoms with van der Waals surface area (Å²) in [5, 5.41) is 6.55. The van der Waals surface area contributed by atoms with Crippen molar-refractivity contribution in [2.45, 2.75) is 19.8 Å². The second-order valence-electron chi connectivity index (χ2n) is 5.71. The number of carbonyl (C=O) groups is 3. The van der Waals surface area contributed by atoms with Crippen LogP contribution in [-0.4, -0.2) is 31.1 Å². The lowest BCUT2D eigenvalue weighted by molar-refractivity contribution is -0.132. The molecule has 146 valence electrons. The minimum atomic E-state index is -0.455. The molecule has 0 aromatic heterocycles. The molecule has 0 aliphatic heterocycles. The monoisotopic (exact) mass is 383 g/mol. The first-order valence-corrected chi connectivity index (χ1v) is 8.51. The number of benzene rings is 2. The minimum Gasteiger partial charge on any atom is -0.493 e. The van der Waals surface area contributed by atoms with Gasteiger partial charge in [0.25, 0.3) is 0 Å². The van der Waals surface area contributed by atoms with Crippen molar-refractivity contribution in [2.75, 3.05) is 12.4 Å². The number of esters is 1. The molecule has 0 aliphatic rings. The summed E-state index contributed by atoms with van der Waals surface area (Å²) in [5.41, 5.74) is 3.67. The van der Waals surface area contributed by atoms with Gasteiger partial charge in [-0.25, -0.2) is 5.43 Å².